The van der Waals surface area contributed by atoms with E-state index >= 15 is 0 Å². The second-order valence-corrected chi connectivity index (χ2v) is 10.8. The van der Waals surface area contributed by atoms with Crippen LogP contribution in [0.2, 0.25) is 0 Å². The molecule has 3 N–H and O–H groups in total. The highest BCUT2D eigenvalue weighted by molar-refractivity contribution is 5.88. The zero-order valence-corrected chi connectivity index (χ0v) is 21.8. The number of benzene rings is 1. The number of amides is 2. The monoisotopic (exact) mass is 500 g/mol. The molecule has 5 unspecified atom stereocenters. The van der Waals surface area contributed by atoms with Crippen molar-refractivity contribution in [3.05, 3.63) is 35.9 Å². The number of carbonyl (C=O) groups excluding carboxylic acids is 2. The molecule has 3 fully saturated rings. The number of nitrogens with zero attached hydrogens (tertiary/aromatic N) is 2. The van der Waals surface area contributed by atoms with Gasteiger partial charge in [0.2, 0.25) is 11.8 Å². The van der Waals surface area contributed by atoms with Gasteiger partial charge in [-0.1, -0.05) is 36.8 Å². The lowest BCUT2D eigenvalue weighted by Gasteiger charge is -2.31. The van der Waals surface area contributed by atoms with Crippen LogP contribution in [-0.2, 0) is 25.6 Å². The zero-order valence-electron chi connectivity index (χ0n) is 21.8. The van der Waals surface area contributed by atoms with Crippen molar-refractivity contribution in [2.45, 2.75) is 69.7 Å². The highest BCUT2D eigenvalue weighted by Crippen LogP contribution is 2.29. The molecule has 5 atom stereocenters. The summed E-state index contributed by atoms with van der Waals surface area (Å²) >= 11 is 0. The third-order valence-electron chi connectivity index (χ3n) is 8.17. The summed E-state index contributed by atoms with van der Waals surface area (Å²) in [4.78, 5) is 30.6. The maximum absolute atomic E-state index is 13.4. The molecule has 2 heterocycles. The van der Waals surface area contributed by atoms with Crippen molar-refractivity contribution in [3.8, 4) is 0 Å². The second-order valence-electron chi connectivity index (χ2n) is 10.8. The number of hydrogen-bond donors (Lipinski definition) is 2. The molecule has 200 valence electrons. The van der Waals surface area contributed by atoms with E-state index in [0.29, 0.717) is 31.3 Å². The van der Waals surface area contributed by atoms with Crippen molar-refractivity contribution in [1.29, 1.82) is 0 Å². The summed E-state index contributed by atoms with van der Waals surface area (Å²) in [5, 5.41) is 3.19. The summed E-state index contributed by atoms with van der Waals surface area (Å²) in [6.07, 6.45) is 7.52. The number of ether oxygens (including phenoxy) is 2. The van der Waals surface area contributed by atoms with E-state index in [2.05, 4.69) is 34.5 Å². The number of methoxy groups -OCH3 is 1. The molecule has 1 aliphatic carbocycles. The molecule has 0 radical (unpaired) electrons. The molecule has 1 aromatic carbocycles. The van der Waals surface area contributed by atoms with Gasteiger partial charge in [0.25, 0.3) is 0 Å². The van der Waals surface area contributed by atoms with Gasteiger partial charge < -0.3 is 25.4 Å². The number of likely N-dealkylation sites (tertiary alicyclic amines) is 1. The first kappa shape index (κ1) is 27.0. The molecule has 1 aromatic rings. The zero-order chi connectivity index (χ0) is 25.3. The van der Waals surface area contributed by atoms with E-state index in [1.165, 1.54) is 25.5 Å². The van der Waals surface area contributed by atoms with E-state index in [0.717, 1.165) is 51.9 Å². The topological polar surface area (TPSA) is 97.1 Å². The van der Waals surface area contributed by atoms with E-state index < -0.39 is 6.04 Å². The van der Waals surface area contributed by atoms with Crippen LogP contribution in [0.1, 0.15) is 50.5 Å². The predicted octanol–water partition coefficient (Wildman–Crippen LogP) is 2.16. The molecule has 3 aliphatic rings. The first-order valence-electron chi connectivity index (χ1n) is 13.7. The number of nitrogens with one attached hydrogen (secondary N) is 1. The average Bonchev–Trinajstić information content (AvgIpc) is 3.58. The molecule has 0 bridgehead atoms. The van der Waals surface area contributed by atoms with Crippen molar-refractivity contribution in [1.82, 2.24) is 15.1 Å². The van der Waals surface area contributed by atoms with Gasteiger partial charge in [-0.15, -0.1) is 0 Å². The molecule has 0 aromatic heterocycles. The summed E-state index contributed by atoms with van der Waals surface area (Å²) < 4.78 is 11.1. The number of carbonyl (C=O) groups is 2. The Balaban J connectivity index is 1.44. The maximum atomic E-state index is 13.4. The van der Waals surface area contributed by atoms with Gasteiger partial charge in [0.15, 0.2) is 0 Å². The summed E-state index contributed by atoms with van der Waals surface area (Å²) in [6.45, 7) is 4.28. The quantitative estimate of drug-likeness (QED) is 0.483. The van der Waals surface area contributed by atoms with E-state index in [1.54, 1.807) is 4.90 Å². The lowest BCUT2D eigenvalue weighted by atomic mass is 9.81. The Bertz CT molecular complexity index is 832. The van der Waals surface area contributed by atoms with Gasteiger partial charge in [0, 0.05) is 45.9 Å². The van der Waals surface area contributed by atoms with E-state index in [-0.39, 0.29) is 30.6 Å². The van der Waals surface area contributed by atoms with Crippen LogP contribution in [0.5, 0.6) is 0 Å². The second kappa shape index (κ2) is 13.5. The Hall–Kier alpha value is -2.00. The van der Waals surface area contributed by atoms with Gasteiger partial charge >= 0.3 is 0 Å². The van der Waals surface area contributed by atoms with Crippen LogP contribution in [0.3, 0.4) is 0 Å². The van der Waals surface area contributed by atoms with E-state index in [1.807, 2.05) is 6.07 Å². The van der Waals surface area contributed by atoms with Crippen LogP contribution in [0.25, 0.3) is 0 Å². The Morgan fingerprint density at radius 2 is 1.94 bits per heavy atom. The fourth-order valence-electron chi connectivity index (χ4n) is 6.18. The minimum absolute atomic E-state index is 0.0122. The molecule has 8 heteroatoms. The van der Waals surface area contributed by atoms with Gasteiger partial charge in [-0.05, 0) is 62.5 Å². The van der Waals surface area contributed by atoms with Crippen LogP contribution in [0.15, 0.2) is 30.3 Å². The molecule has 2 amide bonds. The Labute approximate surface area is 215 Å². The lowest BCUT2D eigenvalue weighted by molar-refractivity contribution is -0.141. The maximum Gasteiger partial charge on any atom is 0.249 e. The first-order valence-corrected chi connectivity index (χ1v) is 13.7. The highest BCUT2D eigenvalue weighted by atomic mass is 16.5. The first-order chi connectivity index (χ1) is 17.6. The highest BCUT2D eigenvalue weighted by Gasteiger charge is 2.42. The average molecular weight is 501 g/mol. The van der Waals surface area contributed by atoms with Crippen molar-refractivity contribution in [3.63, 3.8) is 0 Å². The summed E-state index contributed by atoms with van der Waals surface area (Å²) in [5.41, 5.74) is 7.13. The summed E-state index contributed by atoms with van der Waals surface area (Å²) in [6, 6.07) is 10.0. The van der Waals surface area contributed by atoms with Crippen LogP contribution >= 0.6 is 0 Å². The SMILES string of the molecule is COCC(=O)N1CC(N(Cc2ccccc2)CC2CCCO2)CC1C(=O)NCC1CCCC(CN)C1. The Morgan fingerprint density at radius 3 is 2.67 bits per heavy atom. The van der Waals surface area contributed by atoms with Crippen molar-refractivity contribution >= 4 is 11.8 Å². The fraction of sp³-hybridized carbons (Fsp3) is 0.714. The van der Waals surface area contributed by atoms with E-state index in [4.69, 9.17) is 15.2 Å². The van der Waals surface area contributed by atoms with Crippen LogP contribution < -0.4 is 11.1 Å². The van der Waals surface area contributed by atoms with Crippen LogP contribution in [0.4, 0.5) is 0 Å². The molecule has 0 spiro atoms. The minimum atomic E-state index is -0.477. The number of hydrogen-bond acceptors (Lipinski definition) is 6. The molecule has 36 heavy (non-hydrogen) atoms. The third kappa shape index (κ3) is 7.28. The number of nitrogens with two attached hydrogens (primary N) is 1. The van der Waals surface area contributed by atoms with Gasteiger partial charge in [0.05, 0.1) is 6.10 Å². The van der Waals surface area contributed by atoms with Crippen LogP contribution in [0, 0.1) is 11.8 Å². The standard InChI is InChI=1S/C28H44N4O4/c1-35-20-27(33)32-18-24(14-26(32)28(34)30-16-23-10-5-9-22(13-23)15-29)31(19-25-11-6-12-36-25)17-21-7-3-2-4-8-21/h2-4,7-8,22-26H,5-6,9-20,29H2,1H3,(H,30,34). The largest absolute Gasteiger partial charge is 0.377 e. The molecular weight excluding hydrogens is 456 g/mol. The molecule has 8 nitrogen and oxygen atoms in total. The minimum Gasteiger partial charge on any atom is -0.377 e. The summed E-state index contributed by atoms with van der Waals surface area (Å²) in [5.74, 6) is 0.845. The molecule has 2 saturated heterocycles. The Kier molecular flexibility index (Phi) is 10.2. The van der Waals surface area contributed by atoms with Gasteiger partial charge in [-0.2, -0.15) is 0 Å². The molecule has 2 aliphatic heterocycles. The van der Waals surface area contributed by atoms with Gasteiger partial charge in [-0.25, -0.2) is 0 Å². The van der Waals surface area contributed by atoms with Gasteiger partial charge in [-0.3, -0.25) is 14.5 Å². The smallest absolute Gasteiger partial charge is 0.249 e. The van der Waals surface area contributed by atoms with Crippen LogP contribution in [-0.4, -0.2) is 86.3 Å². The van der Waals surface area contributed by atoms with Crippen molar-refractivity contribution in [2.24, 2.45) is 17.6 Å². The van der Waals surface area contributed by atoms with Crippen molar-refractivity contribution in [2.75, 3.05) is 46.5 Å². The molecule has 1 saturated carbocycles. The third-order valence-corrected chi connectivity index (χ3v) is 8.17. The molecular formula is C28H44N4O4. The predicted molar refractivity (Wildman–Crippen MR) is 139 cm³/mol. The normalized spacial score (nSPS) is 28.5. The lowest BCUT2D eigenvalue weighted by Crippen LogP contribution is -2.48. The van der Waals surface area contributed by atoms with Gasteiger partial charge in [0.1, 0.15) is 12.6 Å². The fourth-order valence-corrected chi connectivity index (χ4v) is 6.18. The summed E-state index contributed by atoms with van der Waals surface area (Å²) in [7, 11) is 1.52. The molecule has 4 rings (SSSR count). The van der Waals surface area contributed by atoms with Crippen molar-refractivity contribution < 1.29 is 19.1 Å². The van der Waals surface area contributed by atoms with E-state index in [9.17, 15) is 9.59 Å². The Morgan fingerprint density at radius 1 is 1.14 bits per heavy atom. The number of rotatable bonds is 11.